The van der Waals surface area contributed by atoms with Gasteiger partial charge in [0.15, 0.2) is 0 Å². The second kappa shape index (κ2) is 6.08. The Morgan fingerprint density at radius 1 is 1.14 bits per heavy atom. The first-order valence-electron chi connectivity index (χ1n) is 7.12. The minimum absolute atomic E-state index is 0.129. The van der Waals surface area contributed by atoms with Gasteiger partial charge in [-0.2, -0.15) is 0 Å². The highest BCUT2D eigenvalue weighted by Crippen LogP contribution is 2.27. The van der Waals surface area contributed by atoms with Crippen molar-refractivity contribution >= 4 is 12.0 Å². The van der Waals surface area contributed by atoms with Crippen LogP contribution >= 0.6 is 0 Å². The molecule has 1 aromatic carbocycles. The summed E-state index contributed by atoms with van der Waals surface area (Å²) in [4.78, 5) is 17.5. The molecule has 3 heteroatoms. The molecule has 0 N–H and O–H groups in total. The fourth-order valence-corrected chi connectivity index (χ4v) is 2.30. The summed E-state index contributed by atoms with van der Waals surface area (Å²) in [6, 6.07) is 11.8. The van der Waals surface area contributed by atoms with E-state index in [-0.39, 0.29) is 11.5 Å². The predicted octanol–water partition coefficient (Wildman–Crippen LogP) is 3.76. The molecule has 21 heavy (non-hydrogen) atoms. The summed E-state index contributed by atoms with van der Waals surface area (Å²) < 4.78 is 0. The third-order valence-electron chi connectivity index (χ3n) is 3.71. The summed E-state index contributed by atoms with van der Waals surface area (Å²) in [5.41, 5.74) is 3.33. The summed E-state index contributed by atoms with van der Waals surface area (Å²) in [5.74, 6) is 0. The van der Waals surface area contributed by atoms with Crippen LogP contribution in [0.4, 0.5) is 5.69 Å². The van der Waals surface area contributed by atoms with Gasteiger partial charge >= 0.3 is 0 Å². The van der Waals surface area contributed by atoms with Crippen LogP contribution in [0.2, 0.25) is 0 Å². The van der Waals surface area contributed by atoms with Crippen LogP contribution < -0.4 is 4.90 Å². The maximum absolute atomic E-state index is 11.5. The predicted molar refractivity (Wildman–Crippen MR) is 86.6 cm³/mol. The van der Waals surface area contributed by atoms with E-state index in [4.69, 9.17) is 0 Å². The van der Waals surface area contributed by atoms with Crippen molar-refractivity contribution < 1.29 is 4.79 Å². The van der Waals surface area contributed by atoms with Crippen molar-refractivity contribution in [3.05, 3.63) is 59.9 Å². The quantitative estimate of drug-likeness (QED) is 0.801. The Labute approximate surface area is 126 Å². The number of benzene rings is 1. The molecule has 0 aliphatic carbocycles. The van der Waals surface area contributed by atoms with Crippen molar-refractivity contribution in [3.63, 3.8) is 0 Å². The number of nitrogens with zero attached hydrogens (tertiary/aromatic N) is 2. The molecule has 1 heterocycles. The molecular formula is C18H22N2O. The molecule has 0 saturated heterocycles. The summed E-state index contributed by atoms with van der Waals surface area (Å²) in [6.07, 6.45) is 4.40. The van der Waals surface area contributed by atoms with Gasteiger partial charge in [0.05, 0.1) is 0 Å². The highest BCUT2D eigenvalue weighted by atomic mass is 16.1. The van der Waals surface area contributed by atoms with E-state index in [2.05, 4.69) is 50.0 Å². The standard InChI is InChI=1S/C18H22N2O/c1-18(2,3)15-7-9-16(10-8-15)20(4)17(13-21)14-6-5-11-19-12-14/h5-13,17H,1-4H3. The summed E-state index contributed by atoms with van der Waals surface area (Å²) >= 11 is 0. The molecule has 0 aliphatic rings. The smallest absolute Gasteiger partial charge is 0.147 e. The topological polar surface area (TPSA) is 33.2 Å². The number of hydrogen-bond donors (Lipinski definition) is 0. The number of pyridine rings is 1. The van der Waals surface area contributed by atoms with Crippen molar-refractivity contribution in [2.75, 3.05) is 11.9 Å². The zero-order valence-corrected chi connectivity index (χ0v) is 13.1. The summed E-state index contributed by atoms with van der Waals surface area (Å²) in [6.45, 7) is 6.57. The van der Waals surface area contributed by atoms with E-state index < -0.39 is 0 Å². The first-order valence-corrected chi connectivity index (χ1v) is 7.12. The normalized spacial score (nSPS) is 12.8. The lowest BCUT2D eigenvalue weighted by Crippen LogP contribution is -2.25. The molecular weight excluding hydrogens is 260 g/mol. The first-order chi connectivity index (χ1) is 9.93. The molecule has 110 valence electrons. The Morgan fingerprint density at radius 3 is 2.29 bits per heavy atom. The molecule has 1 unspecified atom stereocenters. The average molecular weight is 282 g/mol. The van der Waals surface area contributed by atoms with E-state index in [9.17, 15) is 4.79 Å². The van der Waals surface area contributed by atoms with Crippen molar-refractivity contribution in [2.45, 2.75) is 32.2 Å². The van der Waals surface area contributed by atoms with Crippen LogP contribution in [-0.4, -0.2) is 18.3 Å². The molecule has 2 rings (SSSR count). The van der Waals surface area contributed by atoms with Crippen LogP contribution in [0.3, 0.4) is 0 Å². The number of aromatic nitrogens is 1. The van der Waals surface area contributed by atoms with Crippen molar-refractivity contribution in [1.29, 1.82) is 0 Å². The monoisotopic (exact) mass is 282 g/mol. The fourth-order valence-electron chi connectivity index (χ4n) is 2.30. The lowest BCUT2D eigenvalue weighted by atomic mass is 9.87. The minimum atomic E-state index is -0.320. The summed E-state index contributed by atoms with van der Waals surface area (Å²) in [5, 5.41) is 0. The number of carbonyl (C=O) groups excluding carboxylic acids is 1. The second-order valence-electron chi connectivity index (χ2n) is 6.28. The van der Waals surface area contributed by atoms with Crippen LogP contribution in [0.25, 0.3) is 0 Å². The van der Waals surface area contributed by atoms with Gasteiger partial charge in [-0.1, -0.05) is 39.0 Å². The number of hydrogen-bond acceptors (Lipinski definition) is 3. The SMILES string of the molecule is CN(c1ccc(C(C)(C)C)cc1)C(C=O)c1cccnc1. The van der Waals surface area contributed by atoms with Gasteiger partial charge in [-0.15, -0.1) is 0 Å². The van der Waals surface area contributed by atoms with Crippen molar-refractivity contribution in [2.24, 2.45) is 0 Å². The van der Waals surface area contributed by atoms with E-state index in [0.29, 0.717) is 0 Å². The number of carbonyl (C=O) groups is 1. The van der Waals surface area contributed by atoms with E-state index in [0.717, 1.165) is 17.5 Å². The number of anilines is 1. The molecule has 3 nitrogen and oxygen atoms in total. The molecule has 0 aliphatic heterocycles. The van der Waals surface area contributed by atoms with Gasteiger partial charge < -0.3 is 9.69 Å². The molecule has 1 atom stereocenters. The number of likely N-dealkylation sites (N-methyl/N-ethyl adjacent to an activating group) is 1. The molecule has 2 aromatic rings. The van der Waals surface area contributed by atoms with Crippen molar-refractivity contribution in [3.8, 4) is 0 Å². The highest BCUT2D eigenvalue weighted by Gasteiger charge is 2.18. The molecule has 0 saturated carbocycles. The van der Waals surface area contributed by atoms with Gasteiger partial charge in [0.2, 0.25) is 0 Å². The molecule has 0 fully saturated rings. The van der Waals surface area contributed by atoms with Crippen LogP contribution in [0.5, 0.6) is 0 Å². The van der Waals surface area contributed by atoms with Crippen LogP contribution in [0.1, 0.15) is 37.9 Å². The Hall–Kier alpha value is -2.16. The maximum Gasteiger partial charge on any atom is 0.147 e. The van der Waals surface area contributed by atoms with Gasteiger partial charge in [-0.3, -0.25) is 4.98 Å². The Bertz CT molecular complexity index is 585. The largest absolute Gasteiger partial charge is 0.361 e. The number of rotatable bonds is 4. The Balaban J connectivity index is 2.26. The van der Waals surface area contributed by atoms with Gasteiger partial charge in [-0.05, 0) is 34.7 Å². The molecule has 0 radical (unpaired) electrons. The molecule has 0 amide bonds. The molecule has 1 aromatic heterocycles. The fraction of sp³-hybridized carbons (Fsp3) is 0.333. The molecule has 0 spiro atoms. The number of aldehydes is 1. The zero-order valence-electron chi connectivity index (χ0n) is 13.1. The Kier molecular flexibility index (Phi) is 4.41. The van der Waals surface area contributed by atoms with Gasteiger partial charge in [0, 0.05) is 25.1 Å². The lowest BCUT2D eigenvalue weighted by Gasteiger charge is -2.27. The van der Waals surface area contributed by atoms with E-state index in [1.165, 1.54) is 5.56 Å². The minimum Gasteiger partial charge on any atom is -0.361 e. The van der Waals surface area contributed by atoms with Crippen LogP contribution in [-0.2, 0) is 10.2 Å². The second-order valence-corrected chi connectivity index (χ2v) is 6.28. The van der Waals surface area contributed by atoms with E-state index in [1.54, 1.807) is 12.4 Å². The van der Waals surface area contributed by atoms with Crippen LogP contribution in [0, 0.1) is 0 Å². The molecule has 0 bridgehead atoms. The third kappa shape index (κ3) is 3.48. The van der Waals surface area contributed by atoms with Gasteiger partial charge in [0.25, 0.3) is 0 Å². The third-order valence-corrected chi connectivity index (χ3v) is 3.71. The van der Waals surface area contributed by atoms with Gasteiger partial charge in [0.1, 0.15) is 12.3 Å². The van der Waals surface area contributed by atoms with Crippen molar-refractivity contribution in [1.82, 2.24) is 4.98 Å². The highest BCUT2D eigenvalue weighted by molar-refractivity contribution is 5.68. The first kappa shape index (κ1) is 15.2. The summed E-state index contributed by atoms with van der Waals surface area (Å²) in [7, 11) is 1.93. The average Bonchev–Trinajstić information content (AvgIpc) is 2.48. The zero-order chi connectivity index (χ0) is 15.5. The maximum atomic E-state index is 11.5. The van der Waals surface area contributed by atoms with E-state index >= 15 is 0 Å². The van der Waals surface area contributed by atoms with Gasteiger partial charge in [-0.25, -0.2) is 0 Å². The lowest BCUT2D eigenvalue weighted by molar-refractivity contribution is -0.109. The van der Waals surface area contributed by atoms with E-state index in [1.807, 2.05) is 24.1 Å². The van der Waals surface area contributed by atoms with Crippen LogP contribution in [0.15, 0.2) is 48.8 Å². The Morgan fingerprint density at radius 2 is 1.81 bits per heavy atom.